The van der Waals surface area contributed by atoms with Gasteiger partial charge in [-0.2, -0.15) is 0 Å². The van der Waals surface area contributed by atoms with Crippen molar-refractivity contribution in [2.24, 2.45) is 0 Å². The highest BCUT2D eigenvalue weighted by Crippen LogP contribution is 2.21. The molecule has 0 aliphatic carbocycles. The molecule has 0 amide bonds. The maximum atomic E-state index is 4.21. The third kappa shape index (κ3) is 0.685. The number of pyridine rings is 1. The molecule has 10 heavy (non-hydrogen) atoms. The van der Waals surface area contributed by atoms with Crippen molar-refractivity contribution in [1.82, 2.24) is 4.98 Å². The van der Waals surface area contributed by atoms with Crippen molar-refractivity contribution < 1.29 is 1.43 Å². The van der Waals surface area contributed by atoms with E-state index in [9.17, 15) is 0 Å². The van der Waals surface area contributed by atoms with Crippen molar-refractivity contribution in [3.8, 4) is 0 Å². The first kappa shape index (κ1) is 5.71. The van der Waals surface area contributed by atoms with Crippen LogP contribution in [0, 0.1) is 6.92 Å². The number of aromatic nitrogens is 1. The van der Waals surface area contributed by atoms with Gasteiger partial charge in [-0.3, -0.25) is 0 Å². The smallest absolute Gasteiger partial charge is 0.129 e. The van der Waals surface area contributed by atoms with Gasteiger partial charge in [0.2, 0.25) is 0 Å². The second kappa shape index (κ2) is 1.97. The van der Waals surface area contributed by atoms with Crippen LogP contribution in [0.3, 0.4) is 0 Å². The van der Waals surface area contributed by atoms with Gasteiger partial charge in [-0.1, -0.05) is 0 Å². The van der Waals surface area contributed by atoms with Crippen molar-refractivity contribution in [2.75, 3.05) is 11.9 Å². The van der Waals surface area contributed by atoms with Gasteiger partial charge >= 0.3 is 0 Å². The van der Waals surface area contributed by atoms with Gasteiger partial charge in [0, 0.05) is 14.2 Å². The quantitative estimate of drug-likeness (QED) is 0.586. The number of anilines is 1. The summed E-state index contributed by atoms with van der Waals surface area (Å²) >= 11 is 0. The van der Waals surface area contributed by atoms with E-state index < -0.39 is 0 Å². The lowest BCUT2D eigenvalue weighted by molar-refractivity contribution is 1.09. The summed E-state index contributed by atoms with van der Waals surface area (Å²) in [5.41, 5.74) is 2.75. The first-order valence-electron chi connectivity index (χ1n) is 3.56. The van der Waals surface area contributed by atoms with Crippen LogP contribution in [0.4, 0.5) is 5.82 Å². The molecular formula is C8H12N2. The highest BCUT2D eigenvalue weighted by Gasteiger charge is 2.11. The van der Waals surface area contributed by atoms with E-state index in [2.05, 4.69) is 23.3 Å². The Bertz CT molecular complexity index is 260. The average molecular weight is 136 g/mol. The van der Waals surface area contributed by atoms with Gasteiger partial charge in [0.05, 0.1) is 0 Å². The SMILES string of the molecule is Cc1ccnc2c1CCN2.[HH]. The fourth-order valence-electron chi connectivity index (χ4n) is 1.36. The van der Waals surface area contributed by atoms with Crippen molar-refractivity contribution >= 4 is 5.82 Å². The fourth-order valence-corrected chi connectivity index (χ4v) is 1.36. The fraction of sp³-hybridized carbons (Fsp3) is 0.375. The molecule has 0 unspecified atom stereocenters. The first-order valence-corrected chi connectivity index (χ1v) is 3.56. The molecule has 1 aromatic rings. The summed E-state index contributed by atoms with van der Waals surface area (Å²) in [6.07, 6.45) is 2.99. The maximum absolute atomic E-state index is 4.21. The van der Waals surface area contributed by atoms with Gasteiger partial charge in [-0.05, 0) is 30.5 Å². The molecule has 2 nitrogen and oxygen atoms in total. The van der Waals surface area contributed by atoms with Crippen LogP contribution >= 0.6 is 0 Å². The standard InChI is InChI=1S/C8H10N2.H2/c1-6-2-4-9-8-7(6)3-5-10-8;/h2,4H,3,5H2,1H3,(H,9,10);1H. The molecule has 0 aromatic carbocycles. The third-order valence-corrected chi connectivity index (χ3v) is 1.96. The number of hydrogen-bond donors (Lipinski definition) is 1. The number of hydrogen-bond acceptors (Lipinski definition) is 2. The van der Waals surface area contributed by atoms with Crippen molar-refractivity contribution in [3.05, 3.63) is 23.4 Å². The Kier molecular flexibility index (Phi) is 1.13. The number of nitrogens with zero attached hydrogens (tertiary/aromatic N) is 1. The minimum absolute atomic E-state index is 0. The summed E-state index contributed by atoms with van der Waals surface area (Å²) in [5, 5.41) is 3.23. The molecule has 2 heterocycles. The van der Waals surface area contributed by atoms with E-state index in [0.717, 1.165) is 18.8 Å². The molecule has 2 rings (SSSR count). The molecule has 0 radical (unpaired) electrons. The van der Waals surface area contributed by atoms with Crippen molar-refractivity contribution in [2.45, 2.75) is 13.3 Å². The average Bonchev–Trinajstić information content (AvgIpc) is 2.36. The zero-order valence-corrected chi connectivity index (χ0v) is 6.02. The lowest BCUT2D eigenvalue weighted by Gasteiger charge is -1.99. The van der Waals surface area contributed by atoms with Gasteiger partial charge in [-0.25, -0.2) is 4.98 Å². The molecule has 0 saturated carbocycles. The monoisotopic (exact) mass is 136 g/mol. The zero-order valence-electron chi connectivity index (χ0n) is 6.02. The Labute approximate surface area is 61.8 Å². The molecule has 1 aliphatic rings. The number of aryl methyl sites for hydroxylation is 1. The Hall–Kier alpha value is -1.05. The van der Waals surface area contributed by atoms with E-state index in [4.69, 9.17) is 0 Å². The summed E-state index contributed by atoms with van der Waals surface area (Å²) in [6, 6.07) is 2.06. The molecule has 1 aliphatic heterocycles. The molecule has 1 N–H and O–H groups in total. The van der Waals surface area contributed by atoms with Crippen LogP contribution in [0.25, 0.3) is 0 Å². The van der Waals surface area contributed by atoms with Crippen LogP contribution in [-0.2, 0) is 6.42 Å². The highest BCUT2D eigenvalue weighted by molar-refractivity contribution is 5.52. The second-order valence-corrected chi connectivity index (χ2v) is 2.63. The molecule has 0 atom stereocenters. The van der Waals surface area contributed by atoms with E-state index in [1.165, 1.54) is 11.1 Å². The molecule has 0 bridgehead atoms. The van der Waals surface area contributed by atoms with Gasteiger partial charge in [0.25, 0.3) is 0 Å². The molecule has 1 aromatic heterocycles. The summed E-state index contributed by atoms with van der Waals surface area (Å²) in [5.74, 6) is 1.08. The van der Waals surface area contributed by atoms with E-state index in [0.29, 0.717) is 0 Å². The summed E-state index contributed by atoms with van der Waals surface area (Å²) < 4.78 is 0. The minimum atomic E-state index is 0. The van der Waals surface area contributed by atoms with Crippen LogP contribution in [0.1, 0.15) is 12.6 Å². The van der Waals surface area contributed by atoms with E-state index >= 15 is 0 Å². The van der Waals surface area contributed by atoms with Gasteiger partial charge in [-0.15, -0.1) is 0 Å². The largest absolute Gasteiger partial charge is 0.370 e. The van der Waals surface area contributed by atoms with Crippen molar-refractivity contribution in [3.63, 3.8) is 0 Å². The third-order valence-electron chi connectivity index (χ3n) is 1.96. The zero-order chi connectivity index (χ0) is 6.97. The maximum Gasteiger partial charge on any atom is 0.129 e. The topological polar surface area (TPSA) is 24.9 Å². The Balaban J connectivity index is 0.000000605. The predicted octanol–water partition coefficient (Wildman–Crippen LogP) is 1.60. The van der Waals surface area contributed by atoms with Gasteiger partial charge < -0.3 is 5.32 Å². The van der Waals surface area contributed by atoms with Gasteiger partial charge in [0.1, 0.15) is 5.82 Å². The highest BCUT2D eigenvalue weighted by atomic mass is 15.0. The molecule has 2 heteroatoms. The Morgan fingerprint density at radius 3 is 3.40 bits per heavy atom. The van der Waals surface area contributed by atoms with Crippen LogP contribution in [-0.4, -0.2) is 11.5 Å². The summed E-state index contributed by atoms with van der Waals surface area (Å²) in [6.45, 7) is 3.18. The normalized spacial score (nSPS) is 14.5. The number of nitrogens with one attached hydrogen (secondary N) is 1. The molecule has 0 saturated heterocycles. The van der Waals surface area contributed by atoms with E-state index in [1.54, 1.807) is 0 Å². The van der Waals surface area contributed by atoms with Gasteiger partial charge in [0.15, 0.2) is 0 Å². The number of rotatable bonds is 0. The van der Waals surface area contributed by atoms with Crippen molar-refractivity contribution in [1.29, 1.82) is 0 Å². The van der Waals surface area contributed by atoms with Crippen LogP contribution in [0.2, 0.25) is 0 Å². The lowest BCUT2D eigenvalue weighted by atomic mass is 10.1. The second-order valence-electron chi connectivity index (χ2n) is 2.63. The predicted molar refractivity (Wildman–Crippen MR) is 43.3 cm³/mol. The molecule has 0 spiro atoms. The van der Waals surface area contributed by atoms with E-state index in [1.807, 2.05) is 6.20 Å². The Morgan fingerprint density at radius 2 is 2.60 bits per heavy atom. The molecule has 54 valence electrons. The molecular weight excluding hydrogens is 124 g/mol. The van der Waals surface area contributed by atoms with Crippen LogP contribution < -0.4 is 5.32 Å². The first-order chi connectivity index (χ1) is 4.88. The van der Waals surface area contributed by atoms with Crippen LogP contribution in [0.5, 0.6) is 0 Å². The number of fused-ring (bicyclic) bond motifs is 1. The van der Waals surface area contributed by atoms with Crippen LogP contribution in [0.15, 0.2) is 12.3 Å². The molecule has 0 fully saturated rings. The van der Waals surface area contributed by atoms with E-state index in [-0.39, 0.29) is 1.43 Å². The lowest BCUT2D eigenvalue weighted by Crippen LogP contribution is -1.92. The summed E-state index contributed by atoms with van der Waals surface area (Å²) in [7, 11) is 0. The minimum Gasteiger partial charge on any atom is -0.370 e. The summed E-state index contributed by atoms with van der Waals surface area (Å²) in [4.78, 5) is 4.21. The Morgan fingerprint density at radius 1 is 1.70 bits per heavy atom.